The van der Waals surface area contributed by atoms with Crippen molar-refractivity contribution in [1.82, 2.24) is 14.8 Å². The number of nitrogens with zero attached hydrogens (tertiary/aromatic N) is 2. The van der Waals surface area contributed by atoms with Gasteiger partial charge in [-0.3, -0.25) is 4.79 Å². The number of fused-ring (bicyclic) bond motifs is 2. The number of carbonyl (C=O) groups excluding carboxylic acids is 1. The third-order valence-corrected chi connectivity index (χ3v) is 8.33. The summed E-state index contributed by atoms with van der Waals surface area (Å²) in [6, 6.07) is 8.17. The highest BCUT2D eigenvalue weighted by atomic mass is 32.2. The molecule has 3 atom stereocenters. The van der Waals surface area contributed by atoms with Crippen LogP contribution in [0.4, 0.5) is 0 Å². The standard InChI is InChI=1S/C22H30N4O4S/c1-4-18-13-20(25-30-18)21(27)24-15-11-16-7-8-17(12-15)26(16)31(28,29)19-9-5-14(6-10-19)22(2,3)23/h5-6,9-10,13,15-17H,4,7-8,11-12,23H2,1-3H3,(H,24,27)/t15-,16+,17-. The molecule has 9 heteroatoms. The number of nitrogens with one attached hydrogen (secondary N) is 1. The van der Waals surface area contributed by atoms with Crippen molar-refractivity contribution in [1.29, 1.82) is 0 Å². The zero-order valence-electron chi connectivity index (χ0n) is 18.2. The summed E-state index contributed by atoms with van der Waals surface area (Å²) >= 11 is 0. The van der Waals surface area contributed by atoms with E-state index in [0.717, 1.165) is 18.4 Å². The number of hydrogen-bond donors (Lipinski definition) is 2. The highest BCUT2D eigenvalue weighted by Crippen LogP contribution is 2.40. The molecule has 31 heavy (non-hydrogen) atoms. The van der Waals surface area contributed by atoms with Crippen LogP contribution in [0.3, 0.4) is 0 Å². The van der Waals surface area contributed by atoms with Crippen LogP contribution in [0, 0.1) is 0 Å². The van der Waals surface area contributed by atoms with Crippen LogP contribution in [0.2, 0.25) is 0 Å². The number of nitrogens with two attached hydrogens (primary N) is 1. The minimum absolute atomic E-state index is 0.0846. The van der Waals surface area contributed by atoms with Crippen LogP contribution in [-0.2, 0) is 22.0 Å². The molecule has 0 saturated carbocycles. The maximum atomic E-state index is 13.4. The average molecular weight is 447 g/mol. The molecule has 3 heterocycles. The molecule has 0 unspecified atom stereocenters. The number of carbonyl (C=O) groups is 1. The van der Waals surface area contributed by atoms with Gasteiger partial charge in [-0.25, -0.2) is 8.42 Å². The Morgan fingerprint density at radius 2 is 1.84 bits per heavy atom. The van der Waals surface area contributed by atoms with Crippen LogP contribution in [0.1, 0.15) is 68.3 Å². The molecule has 1 aromatic heterocycles. The molecule has 2 bridgehead atoms. The number of rotatable bonds is 6. The fraction of sp³-hybridized carbons (Fsp3) is 0.545. The predicted molar refractivity (Wildman–Crippen MR) is 116 cm³/mol. The van der Waals surface area contributed by atoms with Crippen molar-refractivity contribution in [3.8, 4) is 0 Å². The van der Waals surface area contributed by atoms with Crippen molar-refractivity contribution < 1.29 is 17.7 Å². The minimum Gasteiger partial charge on any atom is -0.361 e. The molecular formula is C22H30N4O4S. The summed E-state index contributed by atoms with van der Waals surface area (Å²) < 4.78 is 33.5. The summed E-state index contributed by atoms with van der Waals surface area (Å²) in [7, 11) is -3.61. The van der Waals surface area contributed by atoms with Gasteiger partial charge in [0.25, 0.3) is 5.91 Å². The van der Waals surface area contributed by atoms with E-state index in [4.69, 9.17) is 10.3 Å². The van der Waals surface area contributed by atoms with E-state index in [1.807, 2.05) is 20.8 Å². The zero-order chi connectivity index (χ0) is 22.4. The molecule has 2 fully saturated rings. The van der Waals surface area contributed by atoms with Crippen molar-refractivity contribution in [2.75, 3.05) is 0 Å². The van der Waals surface area contributed by atoms with Gasteiger partial charge in [0.15, 0.2) is 5.69 Å². The van der Waals surface area contributed by atoms with Crippen LogP contribution in [-0.4, -0.2) is 41.9 Å². The molecular weight excluding hydrogens is 416 g/mol. The third kappa shape index (κ3) is 4.26. The second-order valence-electron chi connectivity index (χ2n) is 9.14. The predicted octanol–water partition coefficient (Wildman–Crippen LogP) is 2.54. The van der Waals surface area contributed by atoms with Gasteiger partial charge < -0.3 is 15.6 Å². The first-order valence-corrected chi connectivity index (χ1v) is 12.2. The first-order valence-electron chi connectivity index (χ1n) is 10.8. The van der Waals surface area contributed by atoms with Gasteiger partial charge in [0.1, 0.15) is 5.76 Å². The second kappa shape index (κ2) is 8.03. The minimum atomic E-state index is -3.61. The van der Waals surface area contributed by atoms with Gasteiger partial charge in [-0.2, -0.15) is 4.31 Å². The summed E-state index contributed by atoms with van der Waals surface area (Å²) in [6.45, 7) is 5.70. The number of sulfonamides is 1. The SMILES string of the molecule is CCc1cc(C(=O)N[C@H]2C[C@H]3CC[C@@H](C2)N3S(=O)(=O)c2ccc(C(C)(C)N)cc2)no1. The van der Waals surface area contributed by atoms with Gasteiger partial charge in [0, 0.05) is 36.2 Å². The topological polar surface area (TPSA) is 119 Å². The molecule has 0 aliphatic carbocycles. The van der Waals surface area contributed by atoms with E-state index in [9.17, 15) is 13.2 Å². The second-order valence-corrected chi connectivity index (χ2v) is 11.0. The molecule has 168 valence electrons. The Bertz CT molecular complexity index is 1040. The number of piperidine rings is 1. The number of amides is 1. The molecule has 2 aliphatic heterocycles. The Morgan fingerprint density at radius 1 is 1.23 bits per heavy atom. The molecule has 2 aliphatic rings. The van der Waals surface area contributed by atoms with Crippen molar-refractivity contribution in [3.05, 3.63) is 47.3 Å². The lowest BCUT2D eigenvalue weighted by Gasteiger charge is -2.38. The fourth-order valence-electron chi connectivity index (χ4n) is 4.67. The molecule has 2 saturated heterocycles. The number of aromatic nitrogens is 1. The molecule has 0 radical (unpaired) electrons. The van der Waals surface area contributed by atoms with E-state index in [0.29, 0.717) is 25.0 Å². The monoisotopic (exact) mass is 446 g/mol. The third-order valence-electron chi connectivity index (χ3n) is 6.32. The maximum Gasteiger partial charge on any atom is 0.273 e. The quantitative estimate of drug-likeness (QED) is 0.704. The fourth-order valence-corrected chi connectivity index (χ4v) is 6.56. The Hall–Kier alpha value is -2.23. The van der Waals surface area contributed by atoms with E-state index in [1.165, 1.54) is 0 Å². The smallest absolute Gasteiger partial charge is 0.273 e. The summed E-state index contributed by atoms with van der Waals surface area (Å²) in [6.07, 6.45) is 3.45. The van der Waals surface area contributed by atoms with Crippen molar-refractivity contribution >= 4 is 15.9 Å². The summed E-state index contributed by atoms with van der Waals surface area (Å²) in [5, 5.41) is 6.83. The van der Waals surface area contributed by atoms with Crippen LogP contribution in [0.5, 0.6) is 0 Å². The lowest BCUT2D eigenvalue weighted by molar-refractivity contribution is 0.0900. The number of aryl methyl sites for hydroxylation is 1. The number of benzene rings is 1. The van der Waals surface area contributed by atoms with E-state index in [2.05, 4.69) is 10.5 Å². The van der Waals surface area contributed by atoms with Crippen LogP contribution in [0.15, 0.2) is 39.8 Å². The molecule has 1 aromatic carbocycles. The molecule has 2 aromatic rings. The van der Waals surface area contributed by atoms with Crippen LogP contribution in [0.25, 0.3) is 0 Å². The molecule has 8 nitrogen and oxygen atoms in total. The van der Waals surface area contributed by atoms with Gasteiger partial charge in [-0.05, 0) is 57.2 Å². The van der Waals surface area contributed by atoms with Crippen molar-refractivity contribution in [2.24, 2.45) is 5.73 Å². The zero-order valence-corrected chi connectivity index (χ0v) is 19.0. The van der Waals surface area contributed by atoms with Gasteiger partial charge >= 0.3 is 0 Å². The van der Waals surface area contributed by atoms with Crippen molar-refractivity contribution in [2.45, 2.75) is 81.4 Å². The van der Waals surface area contributed by atoms with Crippen LogP contribution < -0.4 is 11.1 Å². The summed E-state index contributed by atoms with van der Waals surface area (Å²) in [5.74, 6) is 0.388. The lowest BCUT2D eigenvalue weighted by atomic mass is 9.96. The van der Waals surface area contributed by atoms with Crippen LogP contribution >= 0.6 is 0 Å². The average Bonchev–Trinajstić information content (AvgIpc) is 3.31. The summed E-state index contributed by atoms with van der Waals surface area (Å²) in [4.78, 5) is 12.8. The van der Waals surface area contributed by atoms with Gasteiger partial charge in [-0.15, -0.1) is 0 Å². The maximum absolute atomic E-state index is 13.4. The van der Waals surface area contributed by atoms with E-state index < -0.39 is 15.6 Å². The summed E-state index contributed by atoms with van der Waals surface area (Å²) in [5.41, 5.74) is 6.74. The molecule has 3 N–H and O–H groups in total. The van der Waals surface area contributed by atoms with Gasteiger partial charge in [0.05, 0.1) is 4.90 Å². The van der Waals surface area contributed by atoms with E-state index >= 15 is 0 Å². The lowest BCUT2D eigenvalue weighted by Crippen LogP contribution is -2.52. The largest absolute Gasteiger partial charge is 0.361 e. The highest BCUT2D eigenvalue weighted by Gasteiger charge is 2.47. The Labute approximate surface area is 183 Å². The number of hydrogen-bond acceptors (Lipinski definition) is 6. The molecule has 0 spiro atoms. The van der Waals surface area contributed by atoms with Gasteiger partial charge in [0.2, 0.25) is 10.0 Å². The van der Waals surface area contributed by atoms with E-state index in [-0.39, 0.29) is 34.6 Å². The highest BCUT2D eigenvalue weighted by molar-refractivity contribution is 7.89. The Kier molecular flexibility index (Phi) is 5.70. The first kappa shape index (κ1) is 22.0. The van der Waals surface area contributed by atoms with Gasteiger partial charge in [-0.1, -0.05) is 24.2 Å². The molecule has 1 amide bonds. The molecule has 4 rings (SSSR count). The van der Waals surface area contributed by atoms with Crippen molar-refractivity contribution in [3.63, 3.8) is 0 Å². The Morgan fingerprint density at radius 3 is 2.35 bits per heavy atom. The Balaban J connectivity index is 1.47. The normalized spacial score (nSPS) is 24.3. The first-order chi connectivity index (χ1) is 14.6. The van der Waals surface area contributed by atoms with E-state index in [1.54, 1.807) is 34.6 Å².